The fraction of sp³-hybridized carbons (Fsp3) is 0.389. The Hall–Kier alpha value is -1.83. The zero-order chi connectivity index (χ0) is 15.3. The molecule has 0 N–H and O–H groups in total. The molecule has 108 valence electrons. The molecule has 2 nitrogen and oxygen atoms in total. The summed E-state index contributed by atoms with van der Waals surface area (Å²) in [4.78, 5) is 12.4. The molecule has 0 saturated carbocycles. The fourth-order valence-electron chi connectivity index (χ4n) is 1.88. The van der Waals surface area contributed by atoms with Crippen molar-refractivity contribution >= 4 is 5.97 Å². The van der Waals surface area contributed by atoms with Crippen molar-refractivity contribution in [2.75, 3.05) is 0 Å². The molecule has 0 radical (unpaired) electrons. The van der Waals surface area contributed by atoms with E-state index < -0.39 is 5.60 Å². The van der Waals surface area contributed by atoms with Gasteiger partial charge in [0.1, 0.15) is 5.60 Å². The third-order valence-corrected chi connectivity index (χ3v) is 3.01. The molecule has 0 unspecified atom stereocenters. The first kappa shape index (κ1) is 16.2. The van der Waals surface area contributed by atoms with Gasteiger partial charge in [-0.3, -0.25) is 0 Å². The minimum atomic E-state index is -0.644. The van der Waals surface area contributed by atoms with E-state index in [2.05, 4.69) is 0 Å². The third kappa shape index (κ3) is 4.37. The van der Waals surface area contributed by atoms with E-state index in [0.717, 1.165) is 16.7 Å². The van der Waals surface area contributed by atoms with Crippen molar-refractivity contribution in [2.45, 2.75) is 47.1 Å². The highest BCUT2D eigenvalue weighted by molar-refractivity contribution is 5.92. The average Bonchev–Trinajstić information content (AvgIpc) is 2.36. The van der Waals surface area contributed by atoms with E-state index >= 15 is 0 Å². The van der Waals surface area contributed by atoms with Crippen molar-refractivity contribution in [3.63, 3.8) is 0 Å². The van der Waals surface area contributed by atoms with Crippen LogP contribution < -0.4 is 0 Å². The van der Waals surface area contributed by atoms with Crippen molar-refractivity contribution in [3.8, 4) is 0 Å². The van der Waals surface area contributed by atoms with E-state index in [1.165, 1.54) is 0 Å². The number of carbonyl (C=O) groups is 1. The summed E-state index contributed by atoms with van der Waals surface area (Å²) in [6, 6.07) is 9.78. The molecule has 20 heavy (non-hydrogen) atoms. The van der Waals surface area contributed by atoms with Crippen LogP contribution in [-0.2, 0) is 15.1 Å². The molecule has 0 aliphatic carbocycles. The summed E-state index contributed by atoms with van der Waals surface area (Å²) >= 11 is 0. The second kappa shape index (κ2) is 6.56. The Morgan fingerprint density at radius 3 is 2.05 bits per heavy atom. The van der Waals surface area contributed by atoms with E-state index in [9.17, 15) is 4.79 Å². The normalized spacial score (nSPS) is 10.7. The Bertz CT molecular complexity index is 526. The number of esters is 1. The van der Waals surface area contributed by atoms with Gasteiger partial charge >= 0.3 is 5.97 Å². The number of hydrogen-bond donors (Lipinski definition) is 0. The lowest BCUT2D eigenvalue weighted by Gasteiger charge is -2.26. The Balaban J connectivity index is 3.00. The lowest BCUT2D eigenvalue weighted by molar-refractivity contribution is -0.152. The molecule has 0 heterocycles. The van der Waals surface area contributed by atoms with Gasteiger partial charge in [0.2, 0.25) is 0 Å². The van der Waals surface area contributed by atoms with Crippen LogP contribution in [0.1, 0.15) is 47.1 Å². The second-order valence-corrected chi connectivity index (χ2v) is 5.90. The first-order valence-electron chi connectivity index (χ1n) is 6.85. The first-order chi connectivity index (χ1) is 9.24. The van der Waals surface area contributed by atoms with Gasteiger partial charge in [0, 0.05) is 0 Å². The maximum Gasteiger partial charge on any atom is 0.338 e. The van der Waals surface area contributed by atoms with E-state index in [1.54, 1.807) is 0 Å². The molecule has 0 aliphatic rings. The summed E-state index contributed by atoms with van der Waals surface area (Å²) in [5.41, 5.74) is 3.01. The molecule has 0 bridgehead atoms. The molecule has 0 aromatic heterocycles. The predicted molar refractivity (Wildman–Crippen MR) is 83.4 cm³/mol. The molecule has 0 atom stereocenters. The number of benzene rings is 1. The van der Waals surface area contributed by atoms with Crippen LogP contribution in [-0.4, -0.2) is 5.97 Å². The summed E-state index contributed by atoms with van der Waals surface area (Å²) < 4.78 is 5.71. The smallest absolute Gasteiger partial charge is 0.338 e. The van der Waals surface area contributed by atoms with Gasteiger partial charge in [-0.1, -0.05) is 41.5 Å². The van der Waals surface area contributed by atoms with E-state index in [4.69, 9.17) is 4.74 Å². The molecule has 0 spiro atoms. The van der Waals surface area contributed by atoms with Crippen LogP contribution in [0, 0.1) is 0 Å². The summed E-state index contributed by atoms with van der Waals surface area (Å²) in [5.74, 6) is -0.278. The van der Waals surface area contributed by atoms with Crippen LogP contribution in [0.2, 0.25) is 0 Å². The monoisotopic (exact) mass is 272 g/mol. The van der Waals surface area contributed by atoms with Crippen LogP contribution >= 0.6 is 0 Å². The third-order valence-electron chi connectivity index (χ3n) is 3.01. The van der Waals surface area contributed by atoms with Crippen LogP contribution in [0.3, 0.4) is 0 Å². The van der Waals surface area contributed by atoms with Gasteiger partial charge < -0.3 is 4.74 Å². The van der Waals surface area contributed by atoms with Crippen LogP contribution in [0.15, 0.2) is 53.1 Å². The number of hydrogen-bond acceptors (Lipinski definition) is 2. The molecule has 1 aromatic carbocycles. The van der Waals surface area contributed by atoms with Crippen molar-refractivity contribution in [2.24, 2.45) is 0 Å². The second-order valence-electron chi connectivity index (χ2n) is 5.90. The Morgan fingerprint density at radius 2 is 1.60 bits per heavy atom. The Kier molecular flexibility index (Phi) is 5.32. The molecule has 0 saturated heterocycles. The highest BCUT2D eigenvalue weighted by Gasteiger charge is 2.26. The van der Waals surface area contributed by atoms with Crippen molar-refractivity contribution in [1.82, 2.24) is 0 Å². The summed E-state index contributed by atoms with van der Waals surface area (Å²) in [6.45, 7) is 11.6. The van der Waals surface area contributed by atoms with E-state index in [-0.39, 0.29) is 5.97 Å². The number of carbonyl (C=O) groups excluding carboxylic acids is 1. The zero-order valence-corrected chi connectivity index (χ0v) is 13.3. The zero-order valence-electron chi connectivity index (χ0n) is 13.3. The van der Waals surface area contributed by atoms with Crippen molar-refractivity contribution in [3.05, 3.63) is 58.7 Å². The molecule has 0 aliphatic heterocycles. The standard InChI is InChI=1S/C18H24O2/c1-13(2)12-16(14(3)4)17(19)20-18(5,6)15-10-8-7-9-11-15/h7-12H,1-6H3. The van der Waals surface area contributed by atoms with E-state index in [1.807, 2.05) is 78.0 Å². The van der Waals surface area contributed by atoms with Gasteiger partial charge in [0.15, 0.2) is 0 Å². The highest BCUT2D eigenvalue weighted by Crippen LogP contribution is 2.26. The fourth-order valence-corrected chi connectivity index (χ4v) is 1.88. The van der Waals surface area contributed by atoms with Gasteiger partial charge in [-0.2, -0.15) is 0 Å². The van der Waals surface area contributed by atoms with Gasteiger partial charge in [0.25, 0.3) is 0 Å². The summed E-state index contributed by atoms with van der Waals surface area (Å²) in [5, 5.41) is 0. The maximum absolute atomic E-state index is 12.4. The highest BCUT2D eigenvalue weighted by atomic mass is 16.6. The van der Waals surface area contributed by atoms with Crippen LogP contribution in [0.5, 0.6) is 0 Å². The van der Waals surface area contributed by atoms with Gasteiger partial charge in [-0.05, 0) is 53.2 Å². The molecule has 1 aromatic rings. The molecule has 2 heteroatoms. The van der Waals surface area contributed by atoms with Crippen LogP contribution in [0.25, 0.3) is 0 Å². The molecule has 0 amide bonds. The maximum atomic E-state index is 12.4. The summed E-state index contributed by atoms with van der Waals surface area (Å²) in [7, 11) is 0. The van der Waals surface area contributed by atoms with Gasteiger partial charge in [-0.15, -0.1) is 0 Å². The molecular formula is C18H24O2. The lowest BCUT2D eigenvalue weighted by atomic mass is 9.98. The quantitative estimate of drug-likeness (QED) is 0.448. The minimum absolute atomic E-state index is 0.278. The number of allylic oxidation sites excluding steroid dienone is 2. The van der Waals surface area contributed by atoms with Crippen molar-refractivity contribution in [1.29, 1.82) is 0 Å². The topological polar surface area (TPSA) is 26.3 Å². The molecule has 0 fully saturated rings. The lowest BCUT2D eigenvalue weighted by Crippen LogP contribution is -2.26. The molecule has 1 rings (SSSR count). The van der Waals surface area contributed by atoms with Gasteiger partial charge in [0.05, 0.1) is 5.57 Å². The predicted octanol–water partition coefficient (Wildman–Crippen LogP) is 4.77. The largest absolute Gasteiger partial charge is 0.451 e. The van der Waals surface area contributed by atoms with E-state index in [0.29, 0.717) is 5.57 Å². The molecular weight excluding hydrogens is 248 g/mol. The number of rotatable bonds is 4. The summed E-state index contributed by atoms with van der Waals surface area (Å²) in [6.07, 6.45) is 1.87. The average molecular weight is 272 g/mol. The Labute approximate surface area is 122 Å². The van der Waals surface area contributed by atoms with Crippen LogP contribution in [0.4, 0.5) is 0 Å². The van der Waals surface area contributed by atoms with Gasteiger partial charge in [-0.25, -0.2) is 4.79 Å². The SMILES string of the molecule is CC(C)=CC(C(=O)OC(C)(C)c1ccccc1)=C(C)C. The van der Waals surface area contributed by atoms with Crippen molar-refractivity contribution < 1.29 is 9.53 Å². The first-order valence-corrected chi connectivity index (χ1v) is 6.85. The minimum Gasteiger partial charge on any atom is -0.451 e. The number of ether oxygens (including phenoxy) is 1. The Morgan fingerprint density at radius 1 is 1.05 bits per heavy atom.